The molecule has 5 heteroatoms. The minimum Gasteiger partial charge on any atom is -0.457 e. The Morgan fingerprint density at radius 3 is 2.23 bits per heavy atom. The van der Waals surface area contributed by atoms with Crippen LogP contribution < -0.4 is 4.74 Å². The number of rotatable bonds is 7. The molecule has 2 unspecified atom stereocenters. The quantitative estimate of drug-likeness (QED) is 0.401. The largest absolute Gasteiger partial charge is 0.457 e. The molecule has 3 rings (SSSR count). The van der Waals surface area contributed by atoms with Crippen LogP contribution in [-0.4, -0.2) is 5.97 Å². The maximum absolute atomic E-state index is 13.0. The van der Waals surface area contributed by atoms with Gasteiger partial charge in [-0.15, -0.1) is 0 Å². The maximum Gasteiger partial charge on any atom is 0.315 e. The van der Waals surface area contributed by atoms with E-state index in [1.807, 2.05) is 50.2 Å². The number of hydrogen-bond donors (Lipinski definition) is 0. The molecule has 152 valence electrons. The second-order valence-corrected chi connectivity index (χ2v) is 7.65. The summed E-state index contributed by atoms with van der Waals surface area (Å²) in [7, 11) is 0. The second-order valence-electron chi connectivity index (χ2n) is 7.21. The third-order valence-corrected chi connectivity index (χ3v) is 4.85. The van der Waals surface area contributed by atoms with Crippen molar-refractivity contribution in [3.8, 4) is 17.6 Å². The minimum absolute atomic E-state index is 0.0249. The van der Waals surface area contributed by atoms with Crippen molar-refractivity contribution >= 4 is 17.6 Å². The van der Waals surface area contributed by atoms with Crippen molar-refractivity contribution in [2.45, 2.75) is 25.9 Å². The van der Waals surface area contributed by atoms with Crippen LogP contribution >= 0.6 is 11.6 Å². The Hall–Kier alpha value is -3.29. The van der Waals surface area contributed by atoms with E-state index in [0.717, 1.165) is 5.56 Å². The predicted molar refractivity (Wildman–Crippen MR) is 116 cm³/mol. The van der Waals surface area contributed by atoms with Crippen LogP contribution in [0.15, 0.2) is 78.9 Å². The normalized spacial score (nSPS) is 12.6. The number of esters is 1. The van der Waals surface area contributed by atoms with Crippen molar-refractivity contribution in [2.75, 3.05) is 0 Å². The zero-order valence-corrected chi connectivity index (χ0v) is 17.5. The highest BCUT2D eigenvalue weighted by atomic mass is 35.5. The van der Waals surface area contributed by atoms with Crippen LogP contribution in [0.4, 0.5) is 0 Å². The van der Waals surface area contributed by atoms with Gasteiger partial charge in [-0.2, -0.15) is 5.26 Å². The van der Waals surface area contributed by atoms with E-state index >= 15 is 0 Å². The number of carbonyl (C=O) groups excluding carboxylic acids is 1. The molecule has 0 N–H and O–H groups in total. The van der Waals surface area contributed by atoms with E-state index in [4.69, 9.17) is 21.1 Å². The van der Waals surface area contributed by atoms with Gasteiger partial charge in [0, 0.05) is 10.6 Å². The number of nitriles is 1. The third kappa shape index (κ3) is 5.40. The lowest BCUT2D eigenvalue weighted by Gasteiger charge is -2.22. The summed E-state index contributed by atoms with van der Waals surface area (Å²) in [5.74, 6) is 0.228. The molecule has 0 aliphatic carbocycles. The second kappa shape index (κ2) is 9.96. The van der Waals surface area contributed by atoms with Crippen molar-refractivity contribution in [2.24, 2.45) is 5.92 Å². The molecule has 0 radical (unpaired) electrons. The summed E-state index contributed by atoms with van der Waals surface area (Å²) < 4.78 is 11.4. The molecule has 0 bridgehead atoms. The van der Waals surface area contributed by atoms with E-state index in [9.17, 15) is 10.1 Å². The minimum atomic E-state index is -1.04. The summed E-state index contributed by atoms with van der Waals surface area (Å²) >= 11 is 6.09. The average Bonchev–Trinajstić information content (AvgIpc) is 2.73. The summed E-state index contributed by atoms with van der Waals surface area (Å²) in [4.78, 5) is 13.0. The fraction of sp³-hybridized carbons (Fsp3) is 0.200. The molecule has 0 aromatic heterocycles. The molecule has 4 nitrogen and oxygen atoms in total. The van der Waals surface area contributed by atoms with Crippen molar-refractivity contribution < 1.29 is 14.3 Å². The summed E-state index contributed by atoms with van der Waals surface area (Å²) in [6.07, 6.45) is -1.04. The summed E-state index contributed by atoms with van der Waals surface area (Å²) in [6.45, 7) is 3.87. The van der Waals surface area contributed by atoms with Crippen molar-refractivity contribution in [3.05, 3.63) is 95.0 Å². The first-order valence-corrected chi connectivity index (χ1v) is 10.0. The van der Waals surface area contributed by atoms with Gasteiger partial charge in [-0.25, -0.2) is 0 Å². The topological polar surface area (TPSA) is 59.3 Å². The lowest BCUT2D eigenvalue weighted by molar-refractivity contribution is -0.150. The Morgan fingerprint density at radius 1 is 0.900 bits per heavy atom. The van der Waals surface area contributed by atoms with Gasteiger partial charge < -0.3 is 9.47 Å². The summed E-state index contributed by atoms with van der Waals surface area (Å²) in [5, 5.41) is 10.2. The van der Waals surface area contributed by atoms with Gasteiger partial charge in [0.1, 0.15) is 17.6 Å². The van der Waals surface area contributed by atoms with Crippen molar-refractivity contribution in [1.82, 2.24) is 0 Å². The van der Waals surface area contributed by atoms with Crippen LogP contribution in [-0.2, 0) is 9.53 Å². The van der Waals surface area contributed by atoms with Gasteiger partial charge in [-0.05, 0) is 47.9 Å². The first-order chi connectivity index (χ1) is 14.5. The monoisotopic (exact) mass is 419 g/mol. The van der Waals surface area contributed by atoms with Crippen LogP contribution in [0.1, 0.15) is 37.0 Å². The van der Waals surface area contributed by atoms with Crippen molar-refractivity contribution in [1.29, 1.82) is 5.26 Å². The number of carbonyl (C=O) groups is 1. The predicted octanol–water partition coefficient (Wildman–Crippen LogP) is 6.68. The standard InChI is InChI=1S/C25H22ClNO3/c1-17(2)24(19-9-6-10-20(26)14-19)25(28)30-23(16-27)18-8-7-13-22(15-18)29-21-11-4-3-5-12-21/h3-15,17,23-24H,1-2H3. The molecule has 0 saturated heterocycles. The lowest BCUT2D eigenvalue weighted by Crippen LogP contribution is -2.22. The number of halogens is 1. The van der Waals surface area contributed by atoms with E-state index in [1.54, 1.807) is 42.5 Å². The van der Waals surface area contributed by atoms with E-state index in [2.05, 4.69) is 6.07 Å². The lowest BCUT2D eigenvalue weighted by atomic mass is 9.88. The molecule has 0 heterocycles. The number of nitrogens with zero attached hydrogens (tertiary/aromatic N) is 1. The third-order valence-electron chi connectivity index (χ3n) is 4.62. The van der Waals surface area contributed by atoms with Crippen molar-refractivity contribution in [3.63, 3.8) is 0 Å². The molecule has 0 aliphatic rings. The summed E-state index contributed by atoms with van der Waals surface area (Å²) in [6, 6.07) is 25.6. The molecule has 30 heavy (non-hydrogen) atoms. The summed E-state index contributed by atoms with van der Waals surface area (Å²) in [5.41, 5.74) is 1.31. The van der Waals surface area contributed by atoms with Gasteiger partial charge in [-0.3, -0.25) is 4.79 Å². The molecule has 2 atom stereocenters. The van der Waals surface area contributed by atoms with Gasteiger partial charge in [0.15, 0.2) is 0 Å². The van der Waals surface area contributed by atoms with Crippen LogP contribution in [0.5, 0.6) is 11.5 Å². The van der Waals surface area contributed by atoms with Crippen LogP contribution in [0.25, 0.3) is 0 Å². The van der Waals surface area contributed by atoms with Gasteiger partial charge in [0.05, 0.1) is 5.92 Å². The fourth-order valence-electron chi connectivity index (χ4n) is 3.22. The van der Waals surface area contributed by atoms with E-state index in [-0.39, 0.29) is 5.92 Å². The van der Waals surface area contributed by atoms with Crippen LogP contribution in [0, 0.1) is 17.2 Å². The molecule has 3 aromatic carbocycles. The van der Waals surface area contributed by atoms with Gasteiger partial charge >= 0.3 is 5.97 Å². The molecule has 0 aliphatic heterocycles. The van der Waals surface area contributed by atoms with Gasteiger partial charge in [0.2, 0.25) is 6.10 Å². The van der Waals surface area contributed by atoms with Gasteiger partial charge in [0.25, 0.3) is 0 Å². The Balaban J connectivity index is 1.79. The van der Waals surface area contributed by atoms with E-state index in [0.29, 0.717) is 22.1 Å². The molecular weight excluding hydrogens is 398 g/mol. The first kappa shape index (κ1) is 21.4. The zero-order valence-electron chi connectivity index (χ0n) is 16.8. The highest BCUT2D eigenvalue weighted by Gasteiger charge is 2.29. The molecule has 0 spiro atoms. The highest BCUT2D eigenvalue weighted by Crippen LogP contribution is 2.31. The molecule has 0 fully saturated rings. The highest BCUT2D eigenvalue weighted by molar-refractivity contribution is 6.30. The SMILES string of the molecule is CC(C)C(C(=O)OC(C#N)c1cccc(Oc2ccccc2)c1)c1cccc(Cl)c1. The molecule has 0 amide bonds. The number of para-hydroxylation sites is 1. The van der Waals surface area contributed by atoms with E-state index in [1.165, 1.54) is 0 Å². The zero-order chi connectivity index (χ0) is 21.5. The van der Waals surface area contributed by atoms with Crippen LogP contribution in [0.3, 0.4) is 0 Å². The number of ether oxygens (including phenoxy) is 2. The molecule has 0 saturated carbocycles. The Kier molecular flexibility index (Phi) is 7.11. The Labute approximate surface area is 181 Å². The fourth-order valence-corrected chi connectivity index (χ4v) is 3.42. The molecule has 3 aromatic rings. The van der Waals surface area contributed by atoms with Gasteiger partial charge in [-0.1, -0.05) is 67.9 Å². The first-order valence-electron chi connectivity index (χ1n) is 9.66. The number of benzene rings is 3. The molecular formula is C25H22ClNO3. The Morgan fingerprint density at radius 2 is 1.57 bits per heavy atom. The smallest absolute Gasteiger partial charge is 0.315 e. The average molecular weight is 420 g/mol. The van der Waals surface area contributed by atoms with E-state index < -0.39 is 18.0 Å². The van der Waals surface area contributed by atoms with Crippen LogP contribution in [0.2, 0.25) is 5.02 Å². The number of hydrogen-bond acceptors (Lipinski definition) is 4. The Bertz CT molecular complexity index is 1040. The maximum atomic E-state index is 13.0.